The van der Waals surface area contributed by atoms with Gasteiger partial charge in [-0.05, 0) is 18.4 Å². The quantitative estimate of drug-likeness (QED) is 0.780. The molecule has 0 heterocycles. The molecular formula is C17H26N2O4. The van der Waals surface area contributed by atoms with Crippen LogP contribution in [0.2, 0.25) is 0 Å². The zero-order valence-electron chi connectivity index (χ0n) is 14.5. The van der Waals surface area contributed by atoms with Crippen LogP contribution in [0.3, 0.4) is 0 Å². The predicted octanol–water partition coefficient (Wildman–Crippen LogP) is 3.33. The molecule has 0 radical (unpaired) electrons. The van der Waals surface area contributed by atoms with Crippen molar-refractivity contribution in [1.82, 2.24) is 10.0 Å². The van der Waals surface area contributed by atoms with Gasteiger partial charge >= 0.3 is 12.2 Å². The molecule has 1 aromatic carbocycles. The van der Waals surface area contributed by atoms with Gasteiger partial charge in [-0.15, -0.1) is 0 Å². The molecule has 0 bridgehead atoms. The minimum atomic E-state index is -0.600. The van der Waals surface area contributed by atoms with Gasteiger partial charge in [0.2, 0.25) is 0 Å². The third-order valence-electron chi connectivity index (χ3n) is 3.19. The lowest BCUT2D eigenvalue weighted by Crippen LogP contribution is -2.46. The van der Waals surface area contributed by atoms with Crippen LogP contribution >= 0.6 is 0 Å². The van der Waals surface area contributed by atoms with E-state index >= 15 is 0 Å². The lowest BCUT2D eigenvalue weighted by Gasteiger charge is -2.28. The molecule has 1 atom stereocenters. The summed E-state index contributed by atoms with van der Waals surface area (Å²) in [5.41, 5.74) is 1.08. The average molecular weight is 322 g/mol. The molecule has 23 heavy (non-hydrogen) atoms. The van der Waals surface area contributed by atoms with Crippen molar-refractivity contribution in [2.75, 3.05) is 20.7 Å². The molecule has 0 aliphatic heterocycles. The molecule has 1 unspecified atom stereocenters. The second kappa shape index (κ2) is 9.02. The summed E-state index contributed by atoms with van der Waals surface area (Å²) < 4.78 is 10.4. The van der Waals surface area contributed by atoms with Crippen molar-refractivity contribution in [2.24, 2.45) is 5.92 Å². The molecule has 128 valence electrons. The van der Waals surface area contributed by atoms with E-state index in [1.165, 1.54) is 14.1 Å². The lowest BCUT2D eigenvalue weighted by molar-refractivity contribution is -0.00714. The Morgan fingerprint density at radius 2 is 1.57 bits per heavy atom. The van der Waals surface area contributed by atoms with Crippen molar-refractivity contribution < 1.29 is 19.1 Å². The van der Waals surface area contributed by atoms with Crippen LogP contribution in [-0.4, -0.2) is 49.0 Å². The van der Waals surface area contributed by atoms with E-state index in [1.54, 1.807) is 0 Å². The molecule has 1 rings (SSSR count). The fourth-order valence-electron chi connectivity index (χ4n) is 1.81. The van der Waals surface area contributed by atoms with E-state index in [2.05, 4.69) is 0 Å². The van der Waals surface area contributed by atoms with E-state index < -0.39 is 12.2 Å². The molecule has 0 N–H and O–H groups in total. The minimum Gasteiger partial charge on any atom is -0.448 e. The maximum Gasteiger partial charge on any atom is 0.428 e. The SMILES string of the molecule is CC(C)COC(=O)N(C)N(C)C(=O)OC(C)Cc1ccccc1. The number of hydrogen-bond donors (Lipinski definition) is 0. The Balaban J connectivity index is 2.47. The number of benzene rings is 1. The summed E-state index contributed by atoms with van der Waals surface area (Å²) in [6.07, 6.45) is -0.874. The number of rotatable bonds is 5. The monoisotopic (exact) mass is 322 g/mol. The Kier molecular flexibility index (Phi) is 7.38. The summed E-state index contributed by atoms with van der Waals surface area (Å²) in [6, 6.07) is 9.77. The van der Waals surface area contributed by atoms with Crippen LogP contribution in [0.5, 0.6) is 0 Å². The summed E-state index contributed by atoms with van der Waals surface area (Å²) in [6.45, 7) is 6.00. The average Bonchev–Trinajstić information content (AvgIpc) is 2.51. The first-order valence-electron chi connectivity index (χ1n) is 7.70. The Hall–Kier alpha value is -2.24. The maximum absolute atomic E-state index is 12.1. The van der Waals surface area contributed by atoms with Crippen LogP contribution in [0, 0.1) is 5.92 Å². The molecule has 0 saturated heterocycles. The first kappa shape index (κ1) is 18.8. The van der Waals surface area contributed by atoms with Crippen molar-refractivity contribution in [3.63, 3.8) is 0 Å². The molecule has 0 saturated carbocycles. The zero-order valence-corrected chi connectivity index (χ0v) is 14.5. The van der Waals surface area contributed by atoms with Crippen LogP contribution in [0.15, 0.2) is 30.3 Å². The van der Waals surface area contributed by atoms with E-state index in [-0.39, 0.29) is 12.0 Å². The second-order valence-corrected chi connectivity index (χ2v) is 5.90. The van der Waals surface area contributed by atoms with Crippen LogP contribution in [-0.2, 0) is 15.9 Å². The van der Waals surface area contributed by atoms with Gasteiger partial charge in [0, 0.05) is 20.5 Å². The Bertz CT molecular complexity index is 505. The Morgan fingerprint density at radius 1 is 1.00 bits per heavy atom. The van der Waals surface area contributed by atoms with Crippen molar-refractivity contribution in [3.05, 3.63) is 35.9 Å². The van der Waals surface area contributed by atoms with Crippen molar-refractivity contribution in [2.45, 2.75) is 33.3 Å². The fraction of sp³-hybridized carbons (Fsp3) is 0.529. The number of nitrogens with zero attached hydrogens (tertiary/aromatic N) is 2. The van der Waals surface area contributed by atoms with Crippen molar-refractivity contribution in [3.8, 4) is 0 Å². The summed E-state index contributed by atoms with van der Waals surface area (Å²) in [5, 5.41) is 2.20. The maximum atomic E-state index is 12.1. The number of ether oxygens (including phenoxy) is 2. The number of carbonyl (C=O) groups is 2. The largest absolute Gasteiger partial charge is 0.448 e. The van der Waals surface area contributed by atoms with Crippen LogP contribution in [0.1, 0.15) is 26.3 Å². The summed E-state index contributed by atoms with van der Waals surface area (Å²) >= 11 is 0. The van der Waals surface area contributed by atoms with Gasteiger partial charge in [-0.2, -0.15) is 0 Å². The highest BCUT2D eigenvalue weighted by atomic mass is 16.6. The molecule has 0 fully saturated rings. The summed E-state index contributed by atoms with van der Waals surface area (Å²) in [7, 11) is 2.93. The number of hydrazine groups is 1. The number of carbonyl (C=O) groups excluding carboxylic acids is 2. The van der Waals surface area contributed by atoms with E-state index in [0.717, 1.165) is 15.6 Å². The highest BCUT2D eigenvalue weighted by Crippen LogP contribution is 2.08. The van der Waals surface area contributed by atoms with Gasteiger partial charge in [-0.25, -0.2) is 19.6 Å². The van der Waals surface area contributed by atoms with E-state index in [1.807, 2.05) is 51.1 Å². The molecule has 6 nitrogen and oxygen atoms in total. The normalized spacial score (nSPS) is 11.7. The summed E-state index contributed by atoms with van der Waals surface area (Å²) in [5.74, 6) is 0.232. The molecule has 0 aliphatic rings. The van der Waals surface area contributed by atoms with Crippen LogP contribution in [0.25, 0.3) is 0 Å². The third-order valence-corrected chi connectivity index (χ3v) is 3.19. The molecule has 0 spiro atoms. The zero-order chi connectivity index (χ0) is 17.4. The molecule has 1 aromatic rings. The van der Waals surface area contributed by atoms with Gasteiger partial charge in [0.15, 0.2) is 0 Å². The standard InChI is InChI=1S/C17H26N2O4/c1-13(2)12-22-16(20)18(4)19(5)17(21)23-14(3)11-15-9-7-6-8-10-15/h6-10,13-14H,11-12H2,1-5H3. The van der Waals surface area contributed by atoms with Crippen LogP contribution < -0.4 is 0 Å². The van der Waals surface area contributed by atoms with Crippen molar-refractivity contribution in [1.29, 1.82) is 0 Å². The minimum absolute atomic E-state index is 0.232. The van der Waals surface area contributed by atoms with Gasteiger partial charge in [-0.1, -0.05) is 44.2 Å². The highest BCUT2D eigenvalue weighted by Gasteiger charge is 2.23. The van der Waals surface area contributed by atoms with Gasteiger partial charge in [0.25, 0.3) is 0 Å². The Labute approximate surface area is 137 Å². The fourth-order valence-corrected chi connectivity index (χ4v) is 1.81. The smallest absolute Gasteiger partial charge is 0.428 e. The van der Waals surface area contributed by atoms with Gasteiger partial charge in [0.1, 0.15) is 6.10 Å². The number of hydrogen-bond acceptors (Lipinski definition) is 4. The third kappa shape index (κ3) is 6.59. The van der Waals surface area contributed by atoms with E-state index in [9.17, 15) is 9.59 Å². The summed E-state index contributed by atoms with van der Waals surface area (Å²) in [4.78, 5) is 23.9. The lowest BCUT2D eigenvalue weighted by atomic mass is 10.1. The predicted molar refractivity (Wildman–Crippen MR) is 87.8 cm³/mol. The molecule has 0 aromatic heterocycles. The first-order valence-corrected chi connectivity index (χ1v) is 7.70. The number of amides is 2. The topological polar surface area (TPSA) is 59.1 Å². The molecule has 2 amide bonds. The van der Waals surface area contributed by atoms with Crippen molar-refractivity contribution >= 4 is 12.2 Å². The molecular weight excluding hydrogens is 296 g/mol. The first-order chi connectivity index (χ1) is 10.8. The molecule has 6 heteroatoms. The van der Waals surface area contributed by atoms with Gasteiger partial charge in [0.05, 0.1) is 6.61 Å². The Morgan fingerprint density at radius 3 is 2.13 bits per heavy atom. The van der Waals surface area contributed by atoms with Gasteiger partial charge < -0.3 is 9.47 Å². The van der Waals surface area contributed by atoms with Gasteiger partial charge in [-0.3, -0.25) is 0 Å². The second-order valence-electron chi connectivity index (χ2n) is 5.90. The van der Waals surface area contributed by atoms with E-state index in [4.69, 9.17) is 9.47 Å². The highest BCUT2D eigenvalue weighted by molar-refractivity contribution is 5.73. The van der Waals surface area contributed by atoms with E-state index in [0.29, 0.717) is 13.0 Å². The van der Waals surface area contributed by atoms with Crippen LogP contribution in [0.4, 0.5) is 9.59 Å². The molecule has 0 aliphatic carbocycles.